The number of allylic oxidation sites excluding steroid dienone is 4. The van der Waals surface area contributed by atoms with Crippen LogP contribution in [0.2, 0.25) is 8.26 Å². The van der Waals surface area contributed by atoms with Crippen LogP contribution in [0.3, 0.4) is 0 Å². The summed E-state index contributed by atoms with van der Waals surface area (Å²) < 4.78 is 4.67. The molecule has 3 aliphatic rings. The summed E-state index contributed by atoms with van der Waals surface area (Å²) in [7, 11) is 0. The fourth-order valence-electron chi connectivity index (χ4n) is 7.99. The molecule has 174 valence electrons. The summed E-state index contributed by atoms with van der Waals surface area (Å²) in [5, 5.41) is 0. The summed E-state index contributed by atoms with van der Waals surface area (Å²) in [5.41, 5.74) is 14.0. The third kappa shape index (κ3) is 3.64. The minimum atomic E-state index is -2.87. The Kier molecular flexibility index (Phi) is 7.00. The Labute approximate surface area is 207 Å². The van der Waals surface area contributed by atoms with Crippen LogP contribution in [0.4, 0.5) is 0 Å². The second-order valence-corrected chi connectivity index (χ2v) is 22.1. The van der Waals surface area contributed by atoms with E-state index >= 15 is 0 Å². The topological polar surface area (TPSA) is 0 Å². The van der Waals surface area contributed by atoms with Gasteiger partial charge in [0.15, 0.2) is 0 Å². The van der Waals surface area contributed by atoms with E-state index in [4.69, 9.17) is 0 Å². The van der Waals surface area contributed by atoms with Gasteiger partial charge in [-0.05, 0) is 0 Å². The molecule has 0 spiro atoms. The van der Waals surface area contributed by atoms with Crippen LogP contribution >= 0.6 is 0 Å². The predicted octanol–water partition coefficient (Wildman–Crippen LogP) is 10.2. The van der Waals surface area contributed by atoms with Gasteiger partial charge in [0.05, 0.1) is 0 Å². The van der Waals surface area contributed by atoms with Crippen molar-refractivity contribution in [3.05, 3.63) is 81.9 Å². The summed E-state index contributed by atoms with van der Waals surface area (Å²) in [6.07, 6.45) is 10.5. The Balaban J connectivity index is 1.84. The second-order valence-electron chi connectivity index (χ2n) is 10.7. The summed E-state index contributed by atoms with van der Waals surface area (Å²) in [4.78, 5) is 0. The van der Waals surface area contributed by atoms with Gasteiger partial charge >= 0.3 is 208 Å². The minimum absolute atomic E-state index is 0.783. The van der Waals surface area contributed by atoms with Crippen molar-refractivity contribution in [1.29, 1.82) is 0 Å². The molecule has 2 unspecified atom stereocenters. The molecule has 0 radical (unpaired) electrons. The number of fused-ring (bicyclic) bond motifs is 8. The monoisotopic (exact) mass is 516 g/mol. The van der Waals surface area contributed by atoms with Gasteiger partial charge in [-0.25, -0.2) is 0 Å². The summed E-state index contributed by atoms with van der Waals surface area (Å²) >= 11 is -2.87. The average molecular weight is 518 g/mol. The number of hydrogen-bond donors (Lipinski definition) is 0. The van der Waals surface area contributed by atoms with Crippen molar-refractivity contribution in [2.75, 3.05) is 0 Å². The zero-order chi connectivity index (χ0) is 23.0. The van der Waals surface area contributed by atoms with Gasteiger partial charge in [-0.15, -0.1) is 0 Å². The average Bonchev–Trinajstić information content (AvgIpc) is 3.36. The van der Waals surface area contributed by atoms with Crippen LogP contribution in [0.15, 0.2) is 59.7 Å². The van der Waals surface area contributed by atoms with E-state index in [9.17, 15) is 0 Å². The summed E-state index contributed by atoms with van der Waals surface area (Å²) in [6, 6.07) is 19.3. The molecule has 4 bridgehead atoms. The molecule has 1 heterocycles. The third-order valence-electron chi connectivity index (χ3n) is 9.19. The molecule has 2 aromatic carbocycles. The van der Waals surface area contributed by atoms with Gasteiger partial charge < -0.3 is 0 Å². The summed E-state index contributed by atoms with van der Waals surface area (Å²) in [5.74, 6) is 0. The van der Waals surface area contributed by atoms with E-state index in [1.807, 2.05) is 11.1 Å². The van der Waals surface area contributed by atoms with Crippen molar-refractivity contribution >= 4 is 11.1 Å². The number of rotatable bonds is 8. The van der Waals surface area contributed by atoms with Gasteiger partial charge in [-0.2, -0.15) is 0 Å². The fourth-order valence-corrected chi connectivity index (χ4v) is 26.8. The van der Waals surface area contributed by atoms with E-state index < -0.39 is 20.3 Å². The maximum absolute atomic E-state index is 2.87. The van der Waals surface area contributed by atoms with Crippen molar-refractivity contribution in [1.82, 2.24) is 0 Å². The molecule has 2 aromatic rings. The standard InChI is InChI=1S/C24H24.2C4H9.Zr/c1-3-17-15-19-9-5-7-11-21(19)23(17)13-14-24-18(4-2)16-20-10-6-8-12-22(20)24;2*1-3-4-2;/h5-12,15-16H,3-4,13-14H2,1-2H3;2*1,3-4H2,2H3;. The molecule has 2 aliphatic carbocycles. The first-order chi connectivity index (χ1) is 16.2. The Morgan fingerprint density at radius 2 is 1.06 bits per heavy atom. The van der Waals surface area contributed by atoms with Crippen molar-refractivity contribution in [3.8, 4) is 0 Å². The molecule has 0 saturated heterocycles. The van der Waals surface area contributed by atoms with E-state index in [2.05, 4.69) is 76.2 Å². The van der Waals surface area contributed by atoms with Gasteiger partial charge in [0.1, 0.15) is 0 Å². The Morgan fingerprint density at radius 1 is 0.636 bits per heavy atom. The van der Waals surface area contributed by atoms with Crippen LogP contribution in [0, 0.1) is 0 Å². The van der Waals surface area contributed by atoms with Crippen molar-refractivity contribution in [3.63, 3.8) is 0 Å². The zero-order valence-electron chi connectivity index (χ0n) is 21.3. The fraction of sp³-hybridized carbons (Fsp3) is 0.500. The molecule has 0 aromatic heterocycles. The van der Waals surface area contributed by atoms with E-state index in [1.165, 1.54) is 51.4 Å². The Bertz CT molecular complexity index is 998. The van der Waals surface area contributed by atoms with Gasteiger partial charge in [-0.3, -0.25) is 0 Å². The number of benzene rings is 2. The van der Waals surface area contributed by atoms with E-state index in [0.717, 1.165) is 7.25 Å². The quantitative estimate of drug-likeness (QED) is 0.327. The normalized spacial score (nSPS) is 22.7. The first-order valence-electron chi connectivity index (χ1n) is 13.8. The van der Waals surface area contributed by atoms with E-state index in [-0.39, 0.29) is 0 Å². The molecule has 0 N–H and O–H groups in total. The third-order valence-corrected chi connectivity index (χ3v) is 24.4. The molecular weight excluding hydrogens is 476 g/mol. The van der Waals surface area contributed by atoms with Crippen molar-refractivity contribution in [2.24, 2.45) is 0 Å². The maximum atomic E-state index is 2.55. The number of unbranched alkanes of at least 4 members (excludes halogenated alkanes) is 2. The Morgan fingerprint density at radius 3 is 1.45 bits per heavy atom. The van der Waals surface area contributed by atoms with Gasteiger partial charge in [-0.1, -0.05) is 0 Å². The van der Waals surface area contributed by atoms with Crippen LogP contribution in [-0.4, -0.2) is 0 Å². The predicted molar refractivity (Wildman–Crippen MR) is 141 cm³/mol. The van der Waals surface area contributed by atoms with Gasteiger partial charge in [0, 0.05) is 0 Å². The van der Waals surface area contributed by atoms with Crippen molar-refractivity contribution < 1.29 is 20.3 Å². The SMILES string of the molecule is CCC[CH2][Zr]1([CH2]CCC)[CH]2C(CC)=C(CCC3=C(CC)[CH]1c1ccccc13)c1ccccc12. The van der Waals surface area contributed by atoms with Crippen LogP contribution < -0.4 is 0 Å². The molecule has 0 amide bonds. The van der Waals surface area contributed by atoms with E-state index in [0.29, 0.717) is 0 Å². The second kappa shape index (κ2) is 9.81. The molecule has 2 atom stereocenters. The molecule has 0 saturated carbocycles. The van der Waals surface area contributed by atoms with Crippen LogP contribution in [0.25, 0.3) is 11.1 Å². The van der Waals surface area contributed by atoms with Gasteiger partial charge in [0.25, 0.3) is 0 Å². The molecule has 1 heteroatoms. The van der Waals surface area contributed by atoms with Crippen LogP contribution in [0.5, 0.6) is 0 Å². The van der Waals surface area contributed by atoms with Gasteiger partial charge in [0.2, 0.25) is 0 Å². The molecule has 1 aliphatic heterocycles. The molecule has 0 fully saturated rings. The molecule has 33 heavy (non-hydrogen) atoms. The van der Waals surface area contributed by atoms with Crippen LogP contribution in [0.1, 0.15) is 109 Å². The van der Waals surface area contributed by atoms with E-state index in [1.54, 1.807) is 41.7 Å². The van der Waals surface area contributed by atoms with Crippen LogP contribution in [-0.2, 0) is 20.3 Å². The zero-order valence-corrected chi connectivity index (χ0v) is 23.8. The first-order valence-corrected chi connectivity index (χ1v) is 20.2. The first kappa shape index (κ1) is 23.5. The Hall–Kier alpha value is -1.20. The summed E-state index contributed by atoms with van der Waals surface area (Å²) in [6.45, 7) is 9.77. The number of hydrogen-bond acceptors (Lipinski definition) is 0. The molecular formula is C32H42Zr. The molecule has 0 nitrogen and oxygen atoms in total. The molecule has 5 rings (SSSR count). The van der Waals surface area contributed by atoms with Crippen molar-refractivity contribution in [2.45, 2.75) is 94.6 Å².